The third-order valence-electron chi connectivity index (χ3n) is 3.14. The summed E-state index contributed by atoms with van der Waals surface area (Å²) in [5.41, 5.74) is 2.34. The second kappa shape index (κ2) is 5.89. The van der Waals surface area contributed by atoms with E-state index in [4.69, 9.17) is 5.41 Å². The summed E-state index contributed by atoms with van der Waals surface area (Å²) >= 11 is 1.54. The summed E-state index contributed by atoms with van der Waals surface area (Å²) in [5.74, 6) is 0.0299. The number of rotatable bonds is 4. The molecule has 0 bridgehead atoms. The molecule has 3 N–H and O–H groups in total. The van der Waals surface area contributed by atoms with E-state index in [1.165, 1.54) is 18.0 Å². The maximum absolute atomic E-state index is 10.0. The molecule has 3 rings (SSSR count). The van der Waals surface area contributed by atoms with Crippen LogP contribution in [0.1, 0.15) is 5.56 Å². The smallest absolute Gasteiger partial charge is 0.199 e. The van der Waals surface area contributed by atoms with Gasteiger partial charge in [0.25, 0.3) is 0 Å². The highest BCUT2D eigenvalue weighted by molar-refractivity contribution is 7.99. The van der Waals surface area contributed by atoms with Gasteiger partial charge in [0, 0.05) is 11.1 Å². The molecule has 0 atom stereocenters. The van der Waals surface area contributed by atoms with Gasteiger partial charge in [-0.25, -0.2) is 0 Å². The van der Waals surface area contributed by atoms with Crippen molar-refractivity contribution in [3.63, 3.8) is 0 Å². The molecule has 2 aromatic carbocycles. The van der Waals surface area contributed by atoms with Crippen LogP contribution in [0, 0.1) is 5.41 Å². The summed E-state index contributed by atoms with van der Waals surface area (Å²) in [5, 5.41) is 17.6. The van der Waals surface area contributed by atoms with Gasteiger partial charge < -0.3 is 15.5 Å². The van der Waals surface area contributed by atoms with Crippen molar-refractivity contribution in [3.05, 3.63) is 66.2 Å². The normalized spacial score (nSPS) is 10.5. The first kappa shape index (κ1) is 13.5. The van der Waals surface area contributed by atoms with Crippen molar-refractivity contribution in [2.75, 3.05) is 0 Å². The number of nitrogens with one attached hydrogen (secondary N) is 2. The third-order valence-corrected chi connectivity index (χ3v) is 4.28. The number of aromatic hydroxyl groups is 1. The number of aromatic amines is 1. The summed E-state index contributed by atoms with van der Waals surface area (Å²) in [7, 11) is 0. The van der Waals surface area contributed by atoms with Crippen LogP contribution in [0.4, 0.5) is 0 Å². The topological polar surface area (TPSA) is 59.9 Å². The van der Waals surface area contributed by atoms with Gasteiger partial charge in [-0.3, -0.25) is 0 Å². The maximum Gasteiger partial charge on any atom is 0.199 e. The number of hydrogen-bond acceptors (Lipinski definition) is 3. The number of hydrogen-bond donors (Lipinski definition) is 3. The highest BCUT2D eigenvalue weighted by Gasteiger charge is 2.17. The van der Waals surface area contributed by atoms with Gasteiger partial charge in [0.2, 0.25) is 0 Å². The van der Waals surface area contributed by atoms with Crippen LogP contribution in [0.25, 0.3) is 11.3 Å². The van der Waals surface area contributed by atoms with Gasteiger partial charge in [-0.2, -0.15) is 0 Å². The van der Waals surface area contributed by atoms with E-state index in [-0.39, 0.29) is 5.88 Å². The molecule has 0 amide bonds. The molecule has 0 aliphatic rings. The molecule has 0 saturated carbocycles. The van der Waals surface area contributed by atoms with Crippen LogP contribution in [-0.2, 0) is 0 Å². The average Bonchev–Trinajstić information content (AvgIpc) is 2.85. The maximum atomic E-state index is 10.0. The molecule has 104 valence electrons. The molecule has 0 spiro atoms. The van der Waals surface area contributed by atoms with Crippen LogP contribution in [0.3, 0.4) is 0 Å². The Morgan fingerprint density at radius 1 is 0.952 bits per heavy atom. The Bertz CT molecular complexity index is 751. The molecule has 1 heterocycles. The van der Waals surface area contributed by atoms with E-state index in [0.717, 1.165) is 21.0 Å². The van der Waals surface area contributed by atoms with Gasteiger partial charge in [0.05, 0.1) is 16.2 Å². The zero-order valence-corrected chi connectivity index (χ0v) is 12.0. The molecule has 0 saturated heterocycles. The monoisotopic (exact) mass is 294 g/mol. The van der Waals surface area contributed by atoms with Crippen LogP contribution in [0.5, 0.6) is 5.88 Å². The second-order valence-corrected chi connectivity index (χ2v) is 5.60. The van der Waals surface area contributed by atoms with Crippen LogP contribution in [-0.4, -0.2) is 16.3 Å². The first-order chi connectivity index (χ1) is 10.3. The fraction of sp³-hybridized carbons (Fsp3) is 0. The predicted molar refractivity (Wildman–Crippen MR) is 86.3 cm³/mol. The number of aromatic nitrogens is 1. The summed E-state index contributed by atoms with van der Waals surface area (Å²) in [6.45, 7) is 0. The molecular formula is C17H14N2OS. The first-order valence-corrected chi connectivity index (χ1v) is 7.35. The van der Waals surface area contributed by atoms with Crippen molar-refractivity contribution < 1.29 is 5.11 Å². The van der Waals surface area contributed by atoms with Crippen molar-refractivity contribution in [3.8, 4) is 17.1 Å². The number of H-pyrrole nitrogens is 1. The Morgan fingerprint density at radius 3 is 2.19 bits per heavy atom. The third kappa shape index (κ3) is 2.71. The van der Waals surface area contributed by atoms with Gasteiger partial charge in [0.1, 0.15) is 0 Å². The Labute approximate surface area is 127 Å². The van der Waals surface area contributed by atoms with Crippen molar-refractivity contribution >= 4 is 18.0 Å². The van der Waals surface area contributed by atoms with Crippen LogP contribution in [0.2, 0.25) is 0 Å². The van der Waals surface area contributed by atoms with Crippen molar-refractivity contribution in [1.29, 1.82) is 5.41 Å². The molecule has 3 nitrogen and oxygen atoms in total. The van der Waals surface area contributed by atoms with Gasteiger partial charge in [0.15, 0.2) is 5.88 Å². The van der Waals surface area contributed by atoms with E-state index < -0.39 is 0 Å². The summed E-state index contributed by atoms with van der Waals surface area (Å²) in [6.07, 6.45) is 1.18. The van der Waals surface area contributed by atoms with E-state index in [1.807, 2.05) is 60.7 Å². The molecule has 0 radical (unpaired) electrons. The van der Waals surface area contributed by atoms with Crippen LogP contribution in [0.15, 0.2) is 70.5 Å². The molecule has 0 aliphatic heterocycles. The SMILES string of the molecule is N=Cc1c(O)[nH]c(-c2ccccc2)c1Sc1ccccc1. The standard InChI is InChI=1S/C17H14N2OS/c18-11-14-16(21-13-9-5-2-6-10-13)15(19-17(14)20)12-7-3-1-4-8-12/h1-11,18-20H. The van der Waals surface area contributed by atoms with Crippen molar-refractivity contribution in [2.24, 2.45) is 0 Å². The minimum absolute atomic E-state index is 0.0299. The first-order valence-electron chi connectivity index (χ1n) is 6.53. The van der Waals surface area contributed by atoms with Gasteiger partial charge in [-0.15, -0.1) is 0 Å². The minimum Gasteiger partial charge on any atom is -0.494 e. The van der Waals surface area contributed by atoms with Gasteiger partial charge >= 0.3 is 0 Å². The van der Waals surface area contributed by atoms with Crippen LogP contribution >= 0.6 is 11.8 Å². The molecule has 1 aromatic heterocycles. The molecule has 3 aromatic rings. The van der Waals surface area contributed by atoms with E-state index in [1.54, 1.807) is 0 Å². The predicted octanol–water partition coefficient (Wildman–Crippen LogP) is 4.54. The highest BCUT2D eigenvalue weighted by atomic mass is 32.2. The lowest BCUT2D eigenvalue weighted by molar-refractivity contribution is 0.456. The molecular weight excluding hydrogens is 280 g/mol. The van der Waals surface area contributed by atoms with Crippen LogP contribution < -0.4 is 0 Å². The fourth-order valence-corrected chi connectivity index (χ4v) is 3.20. The largest absolute Gasteiger partial charge is 0.494 e. The molecule has 0 unspecified atom stereocenters. The molecule has 0 fully saturated rings. The number of benzene rings is 2. The molecule has 0 aliphatic carbocycles. The Morgan fingerprint density at radius 2 is 1.57 bits per heavy atom. The van der Waals surface area contributed by atoms with E-state index in [9.17, 15) is 5.11 Å². The Balaban J connectivity index is 2.11. The van der Waals surface area contributed by atoms with Gasteiger partial charge in [-0.1, -0.05) is 60.3 Å². The summed E-state index contributed by atoms with van der Waals surface area (Å²) < 4.78 is 0. The molecule has 4 heteroatoms. The van der Waals surface area contributed by atoms with Gasteiger partial charge in [-0.05, 0) is 17.7 Å². The summed E-state index contributed by atoms with van der Waals surface area (Å²) in [4.78, 5) is 4.91. The molecule has 21 heavy (non-hydrogen) atoms. The van der Waals surface area contributed by atoms with Crippen molar-refractivity contribution in [2.45, 2.75) is 9.79 Å². The lowest BCUT2D eigenvalue weighted by Crippen LogP contribution is -1.83. The lowest BCUT2D eigenvalue weighted by Gasteiger charge is -2.05. The highest BCUT2D eigenvalue weighted by Crippen LogP contribution is 2.41. The van der Waals surface area contributed by atoms with Crippen molar-refractivity contribution in [1.82, 2.24) is 4.98 Å². The lowest BCUT2D eigenvalue weighted by atomic mass is 10.1. The Kier molecular flexibility index (Phi) is 3.79. The zero-order chi connectivity index (χ0) is 14.7. The zero-order valence-electron chi connectivity index (χ0n) is 11.2. The average molecular weight is 294 g/mol. The second-order valence-electron chi connectivity index (χ2n) is 4.52. The van der Waals surface area contributed by atoms with E-state index >= 15 is 0 Å². The Hall–Kier alpha value is -2.46. The quantitative estimate of drug-likeness (QED) is 0.619. The summed E-state index contributed by atoms with van der Waals surface area (Å²) in [6, 6.07) is 19.8. The minimum atomic E-state index is 0.0299. The van der Waals surface area contributed by atoms with E-state index in [0.29, 0.717) is 5.56 Å². The van der Waals surface area contributed by atoms with E-state index in [2.05, 4.69) is 4.98 Å². The fourth-order valence-electron chi connectivity index (χ4n) is 2.14.